The molecule has 90 valence electrons. The number of rotatable bonds is 4. The Morgan fingerprint density at radius 1 is 1.35 bits per heavy atom. The molecule has 2 aromatic rings. The van der Waals surface area contributed by atoms with E-state index in [9.17, 15) is 0 Å². The Morgan fingerprint density at radius 2 is 2.12 bits per heavy atom. The summed E-state index contributed by atoms with van der Waals surface area (Å²) in [5, 5.41) is 4.80. The molecular weight excluding hydrogens is 210 g/mol. The maximum atomic E-state index is 5.75. The van der Waals surface area contributed by atoms with E-state index >= 15 is 0 Å². The van der Waals surface area contributed by atoms with Crippen molar-refractivity contribution in [3.8, 4) is 0 Å². The minimum Gasteiger partial charge on any atom is -0.461 e. The average molecular weight is 229 g/mol. The molecule has 2 nitrogen and oxygen atoms in total. The molecule has 0 spiro atoms. The molecule has 1 aromatic carbocycles. The molecule has 1 saturated carbocycles. The normalized spacial score (nSPS) is 23.2. The van der Waals surface area contributed by atoms with E-state index in [0.29, 0.717) is 0 Å². The average Bonchev–Trinajstić information content (AvgIpc) is 2.92. The molecule has 1 aliphatic carbocycles. The summed E-state index contributed by atoms with van der Waals surface area (Å²) in [6.45, 7) is 6.44. The van der Waals surface area contributed by atoms with Gasteiger partial charge in [-0.05, 0) is 37.8 Å². The van der Waals surface area contributed by atoms with Crippen molar-refractivity contribution < 1.29 is 4.42 Å². The van der Waals surface area contributed by atoms with Crippen LogP contribution in [0.4, 0.5) is 0 Å². The second kappa shape index (κ2) is 4.19. The lowest BCUT2D eigenvalue weighted by atomic mass is 10.1. The van der Waals surface area contributed by atoms with Crippen molar-refractivity contribution in [3.05, 3.63) is 35.6 Å². The number of benzene rings is 1. The van der Waals surface area contributed by atoms with Crippen molar-refractivity contribution in [2.75, 3.05) is 6.54 Å². The van der Waals surface area contributed by atoms with Crippen LogP contribution < -0.4 is 5.32 Å². The Balaban J connectivity index is 1.73. The van der Waals surface area contributed by atoms with Crippen LogP contribution in [0.3, 0.4) is 0 Å². The number of aryl methyl sites for hydroxylation is 1. The smallest absolute Gasteiger partial charge is 0.134 e. The maximum absolute atomic E-state index is 5.75. The third-order valence-electron chi connectivity index (χ3n) is 3.88. The summed E-state index contributed by atoms with van der Waals surface area (Å²) in [5.41, 5.74) is 2.32. The van der Waals surface area contributed by atoms with Gasteiger partial charge in [0.25, 0.3) is 0 Å². The Morgan fingerprint density at radius 3 is 2.88 bits per heavy atom. The van der Waals surface area contributed by atoms with E-state index in [-0.39, 0.29) is 0 Å². The molecule has 0 amide bonds. The van der Waals surface area contributed by atoms with Gasteiger partial charge in [0.15, 0.2) is 0 Å². The van der Waals surface area contributed by atoms with E-state index in [2.05, 4.69) is 31.3 Å². The highest BCUT2D eigenvalue weighted by Crippen LogP contribution is 2.36. The van der Waals surface area contributed by atoms with Crippen LogP contribution >= 0.6 is 0 Å². The summed E-state index contributed by atoms with van der Waals surface area (Å²) < 4.78 is 5.75. The summed E-state index contributed by atoms with van der Waals surface area (Å²) in [4.78, 5) is 0. The fourth-order valence-corrected chi connectivity index (χ4v) is 2.51. The summed E-state index contributed by atoms with van der Waals surface area (Å²) in [7, 11) is 0. The molecule has 0 saturated heterocycles. The predicted octanol–water partition coefficient (Wildman–Crippen LogP) is 3.49. The first-order valence-corrected chi connectivity index (χ1v) is 6.43. The summed E-state index contributed by atoms with van der Waals surface area (Å²) in [5.74, 6) is 2.86. The van der Waals surface area contributed by atoms with Gasteiger partial charge in [0.1, 0.15) is 11.3 Å². The third-order valence-corrected chi connectivity index (χ3v) is 3.88. The van der Waals surface area contributed by atoms with Gasteiger partial charge in [-0.1, -0.05) is 25.1 Å². The highest BCUT2D eigenvalue weighted by atomic mass is 16.3. The van der Waals surface area contributed by atoms with Gasteiger partial charge in [0, 0.05) is 17.5 Å². The number of hydrogen-bond donors (Lipinski definition) is 1. The van der Waals surface area contributed by atoms with Crippen LogP contribution in [0.2, 0.25) is 0 Å². The largest absolute Gasteiger partial charge is 0.461 e. The van der Waals surface area contributed by atoms with Crippen molar-refractivity contribution >= 4 is 11.0 Å². The van der Waals surface area contributed by atoms with Gasteiger partial charge >= 0.3 is 0 Å². The molecule has 1 fully saturated rings. The van der Waals surface area contributed by atoms with E-state index < -0.39 is 0 Å². The zero-order valence-electron chi connectivity index (χ0n) is 10.5. The molecule has 1 aromatic heterocycles. The van der Waals surface area contributed by atoms with Crippen molar-refractivity contribution in [2.24, 2.45) is 11.8 Å². The quantitative estimate of drug-likeness (QED) is 0.868. The Hall–Kier alpha value is -1.28. The van der Waals surface area contributed by atoms with Gasteiger partial charge < -0.3 is 9.73 Å². The standard InChI is InChI=1S/C15H19NO/c1-10-7-12(10)8-16-9-14-11(2)17-15-6-4-3-5-13(14)15/h3-6,10,12,16H,7-9H2,1-2H3. The van der Waals surface area contributed by atoms with E-state index in [0.717, 1.165) is 36.3 Å². The molecule has 1 aliphatic rings. The second-order valence-corrected chi connectivity index (χ2v) is 5.24. The molecule has 0 radical (unpaired) electrons. The fourth-order valence-electron chi connectivity index (χ4n) is 2.51. The molecular formula is C15H19NO. The maximum Gasteiger partial charge on any atom is 0.134 e. The number of furan rings is 1. The lowest BCUT2D eigenvalue weighted by Crippen LogP contribution is -2.17. The van der Waals surface area contributed by atoms with Crippen LogP contribution in [-0.4, -0.2) is 6.54 Å². The molecule has 1 heterocycles. The van der Waals surface area contributed by atoms with Crippen LogP contribution in [0.15, 0.2) is 28.7 Å². The molecule has 2 atom stereocenters. The zero-order valence-corrected chi connectivity index (χ0v) is 10.5. The van der Waals surface area contributed by atoms with Gasteiger partial charge in [-0.15, -0.1) is 0 Å². The van der Waals surface area contributed by atoms with E-state index in [1.807, 2.05) is 12.1 Å². The minimum atomic E-state index is 0.897. The molecule has 0 bridgehead atoms. The topological polar surface area (TPSA) is 25.2 Å². The fraction of sp³-hybridized carbons (Fsp3) is 0.467. The SMILES string of the molecule is Cc1oc2ccccc2c1CNCC1CC1C. The van der Waals surface area contributed by atoms with Gasteiger partial charge in [-0.3, -0.25) is 0 Å². The van der Waals surface area contributed by atoms with Crippen molar-refractivity contribution in [2.45, 2.75) is 26.8 Å². The van der Waals surface area contributed by atoms with Crippen LogP contribution in [0.1, 0.15) is 24.7 Å². The Kier molecular flexibility index (Phi) is 2.67. The lowest BCUT2D eigenvalue weighted by molar-refractivity contribution is 0.558. The highest BCUT2D eigenvalue weighted by molar-refractivity contribution is 5.82. The zero-order chi connectivity index (χ0) is 11.8. The number of fused-ring (bicyclic) bond motifs is 1. The van der Waals surface area contributed by atoms with E-state index in [1.165, 1.54) is 17.4 Å². The first-order chi connectivity index (χ1) is 8.25. The summed E-state index contributed by atoms with van der Waals surface area (Å²) in [6.07, 6.45) is 1.39. The van der Waals surface area contributed by atoms with Gasteiger partial charge in [-0.2, -0.15) is 0 Å². The van der Waals surface area contributed by atoms with Crippen molar-refractivity contribution in [1.29, 1.82) is 0 Å². The predicted molar refractivity (Wildman–Crippen MR) is 69.9 cm³/mol. The number of para-hydroxylation sites is 1. The van der Waals surface area contributed by atoms with Crippen LogP contribution in [0.25, 0.3) is 11.0 Å². The third kappa shape index (κ3) is 2.09. The molecule has 2 unspecified atom stereocenters. The first kappa shape index (κ1) is 10.8. The van der Waals surface area contributed by atoms with Gasteiger partial charge in [0.2, 0.25) is 0 Å². The number of nitrogens with one attached hydrogen (secondary N) is 1. The Labute approximate surface area is 102 Å². The summed E-state index contributed by atoms with van der Waals surface area (Å²) in [6, 6.07) is 8.27. The molecule has 0 aliphatic heterocycles. The van der Waals surface area contributed by atoms with Crippen molar-refractivity contribution in [3.63, 3.8) is 0 Å². The Bertz CT molecular complexity index is 529. The van der Waals surface area contributed by atoms with Crippen LogP contribution in [-0.2, 0) is 6.54 Å². The van der Waals surface area contributed by atoms with E-state index in [4.69, 9.17) is 4.42 Å². The monoisotopic (exact) mass is 229 g/mol. The second-order valence-electron chi connectivity index (χ2n) is 5.24. The van der Waals surface area contributed by atoms with Crippen LogP contribution in [0.5, 0.6) is 0 Å². The van der Waals surface area contributed by atoms with Crippen molar-refractivity contribution in [1.82, 2.24) is 5.32 Å². The van der Waals surface area contributed by atoms with Gasteiger partial charge in [0.05, 0.1) is 0 Å². The molecule has 2 heteroatoms. The minimum absolute atomic E-state index is 0.897. The molecule has 3 rings (SSSR count). The molecule has 17 heavy (non-hydrogen) atoms. The van der Waals surface area contributed by atoms with Crippen LogP contribution in [0, 0.1) is 18.8 Å². The lowest BCUT2D eigenvalue weighted by Gasteiger charge is -2.03. The summed E-state index contributed by atoms with van der Waals surface area (Å²) >= 11 is 0. The first-order valence-electron chi connectivity index (χ1n) is 6.43. The number of hydrogen-bond acceptors (Lipinski definition) is 2. The molecule has 1 N–H and O–H groups in total. The van der Waals surface area contributed by atoms with E-state index in [1.54, 1.807) is 0 Å². The van der Waals surface area contributed by atoms with Gasteiger partial charge in [-0.25, -0.2) is 0 Å². The highest BCUT2D eigenvalue weighted by Gasteiger charge is 2.31.